The third kappa shape index (κ3) is 1.15. The van der Waals surface area contributed by atoms with Crippen LogP contribution in [0.1, 0.15) is 0 Å². The Labute approximate surface area is 63.9 Å². The molecule has 0 atom stereocenters. The predicted molar refractivity (Wildman–Crippen MR) is 44.4 cm³/mol. The summed E-state index contributed by atoms with van der Waals surface area (Å²) in [5, 5.41) is 1.72. The predicted octanol–water partition coefficient (Wildman–Crippen LogP) is 0.447. The fourth-order valence-corrected chi connectivity index (χ4v) is 2.52. The lowest BCUT2D eigenvalue weighted by molar-refractivity contribution is 0.505. The van der Waals surface area contributed by atoms with Gasteiger partial charge >= 0.3 is 0 Å². The van der Waals surface area contributed by atoms with Gasteiger partial charge in [-0.2, -0.15) is 0 Å². The molecule has 0 unspecified atom stereocenters. The monoisotopic (exact) mass is 166 g/mol. The smallest absolute Gasteiger partial charge is 0.245 e. The zero-order chi connectivity index (χ0) is 7.90. The normalized spacial score (nSPS) is 18.3. The summed E-state index contributed by atoms with van der Waals surface area (Å²) in [4.78, 5) is 9.16. The van der Waals surface area contributed by atoms with E-state index in [-0.39, 0.29) is 0 Å². The highest BCUT2D eigenvalue weighted by Crippen LogP contribution is 2.45. The minimum atomic E-state index is -3.08. The van der Waals surface area contributed by atoms with Crippen molar-refractivity contribution in [2.24, 2.45) is 0 Å². The fourth-order valence-electron chi connectivity index (χ4n) is 1.18. The summed E-state index contributed by atoms with van der Waals surface area (Å²) in [6, 6.07) is 7.38. The van der Waals surface area contributed by atoms with Crippen LogP contribution >= 0.6 is 7.37 Å². The van der Waals surface area contributed by atoms with Gasteiger partial charge in [0.05, 0.1) is 0 Å². The summed E-state index contributed by atoms with van der Waals surface area (Å²) in [6.45, 7) is 0. The molecule has 1 N–H and O–H groups in total. The van der Waals surface area contributed by atoms with Crippen LogP contribution in [0.5, 0.6) is 0 Å². The van der Waals surface area contributed by atoms with Crippen molar-refractivity contribution in [1.82, 2.24) is 0 Å². The molecule has 2 nitrogen and oxygen atoms in total. The molecule has 1 aromatic rings. The maximum atomic E-state index is 11.1. The van der Waals surface area contributed by atoms with Crippen molar-refractivity contribution in [3.63, 3.8) is 0 Å². The van der Waals surface area contributed by atoms with Crippen molar-refractivity contribution in [3.8, 4) is 0 Å². The van der Waals surface area contributed by atoms with E-state index in [1.807, 2.05) is 24.3 Å². The standard InChI is InChI=1S/C8H7O2P/c9-11(10)5-7-3-1-2-4-8(7)6-11/h1-6H,(H,9,10). The third-order valence-electron chi connectivity index (χ3n) is 1.64. The lowest BCUT2D eigenvalue weighted by atomic mass is 10.3. The van der Waals surface area contributed by atoms with E-state index >= 15 is 0 Å². The van der Waals surface area contributed by atoms with E-state index in [0.717, 1.165) is 10.4 Å². The summed E-state index contributed by atoms with van der Waals surface area (Å²) in [5.74, 6) is 2.84. The summed E-state index contributed by atoms with van der Waals surface area (Å²) in [5.41, 5.74) is 0. The highest BCUT2D eigenvalue weighted by molar-refractivity contribution is 7.74. The van der Waals surface area contributed by atoms with Crippen molar-refractivity contribution in [2.75, 3.05) is 0 Å². The van der Waals surface area contributed by atoms with Crippen LogP contribution in [0.15, 0.2) is 24.3 Å². The van der Waals surface area contributed by atoms with Crippen molar-refractivity contribution < 1.29 is 9.46 Å². The van der Waals surface area contributed by atoms with E-state index in [4.69, 9.17) is 4.89 Å². The van der Waals surface area contributed by atoms with Gasteiger partial charge in [-0.3, -0.25) is 4.57 Å². The maximum absolute atomic E-state index is 11.1. The summed E-state index contributed by atoms with van der Waals surface area (Å²) in [6.07, 6.45) is 0. The molecule has 0 aliphatic carbocycles. The average molecular weight is 166 g/mol. The van der Waals surface area contributed by atoms with Gasteiger partial charge in [-0.25, -0.2) is 0 Å². The summed E-state index contributed by atoms with van der Waals surface area (Å²) >= 11 is 0. The van der Waals surface area contributed by atoms with Crippen LogP contribution in [-0.2, 0) is 4.57 Å². The number of hydrogen-bond donors (Lipinski definition) is 1. The molecule has 1 aliphatic heterocycles. The Balaban J connectivity index is 2.92. The quantitative estimate of drug-likeness (QED) is 0.568. The molecule has 3 heteroatoms. The SMILES string of the molecule is O=P1(O)C=c2ccccc2=C1. The van der Waals surface area contributed by atoms with Gasteiger partial charge in [0.2, 0.25) is 7.37 Å². The Hall–Kier alpha value is -0.850. The van der Waals surface area contributed by atoms with E-state index in [1.165, 1.54) is 11.6 Å². The third-order valence-corrected chi connectivity index (χ3v) is 2.94. The number of rotatable bonds is 0. The van der Waals surface area contributed by atoms with Crippen LogP contribution in [0.2, 0.25) is 0 Å². The minimum Gasteiger partial charge on any atom is -0.339 e. The van der Waals surface area contributed by atoms with Crippen LogP contribution in [0.25, 0.3) is 11.6 Å². The van der Waals surface area contributed by atoms with Crippen LogP contribution in [0, 0.1) is 0 Å². The largest absolute Gasteiger partial charge is 0.339 e. The van der Waals surface area contributed by atoms with Crippen molar-refractivity contribution in [3.05, 3.63) is 34.7 Å². The number of benzene rings is 1. The summed E-state index contributed by atoms with van der Waals surface area (Å²) in [7, 11) is -3.08. The lowest BCUT2D eigenvalue weighted by Gasteiger charge is -1.89. The fraction of sp³-hybridized carbons (Fsp3) is 0. The zero-order valence-corrected chi connectivity index (χ0v) is 6.66. The molecule has 0 spiro atoms. The van der Waals surface area contributed by atoms with Crippen LogP contribution in [-0.4, -0.2) is 4.89 Å². The Kier molecular flexibility index (Phi) is 1.28. The first-order chi connectivity index (χ1) is 5.17. The van der Waals surface area contributed by atoms with E-state index in [0.29, 0.717) is 0 Å². The highest BCUT2D eigenvalue weighted by atomic mass is 31.2. The molecule has 1 heterocycles. The van der Waals surface area contributed by atoms with Gasteiger partial charge in [0.15, 0.2) is 0 Å². The van der Waals surface area contributed by atoms with Gasteiger partial charge in [0.1, 0.15) is 0 Å². The number of hydrogen-bond acceptors (Lipinski definition) is 1. The first-order valence-corrected chi connectivity index (χ1v) is 5.10. The molecule has 56 valence electrons. The molecule has 0 saturated heterocycles. The second-order valence-corrected chi connectivity index (χ2v) is 4.42. The Morgan fingerprint density at radius 3 is 2.00 bits per heavy atom. The van der Waals surface area contributed by atoms with E-state index in [1.54, 1.807) is 0 Å². The molecule has 0 fully saturated rings. The zero-order valence-electron chi connectivity index (χ0n) is 5.77. The number of fused-ring (bicyclic) bond motifs is 1. The van der Waals surface area contributed by atoms with E-state index in [9.17, 15) is 4.57 Å². The molecule has 2 rings (SSSR count). The molecule has 0 amide bonds. The second kappa shape index (κ2) is 2.07. The van der Waals surface area contributed by atoms with Crippen molar-refractivity contribution >= 4 is 19.0 Å². The summed E-state index contributed by atoms with van der Waals surface area (Å²) < 4.78 is 11.1. The van der Waals surface area contributed by atoms with Gasteiger partial charge in [-0.15, -0.1) is 0 Å². The van der Waals surface area contributed by atoms with Gasteiger partial charge in [0.25, 0.3) is 0 Å². The Morgan fingerprint density at radius 2 is 1.55 bits per heavy atom. The van der Waals surface area contributed by atoms with Gasteiger partial charge in [-0.1, -0.05) is 24.3 Å². The topological polar surface area (TPSA) is 37.3 Å². The van der Waals surface area contributed by atoms with Crippen molar-refractivity contribution in [1.29, 1.82) is 0 Å². The Morgan fingerprint density at radius 1 is 1.09 bits per heavy atom. The second-order valence-electron chi connectivity index (χ2n) is 2.56. The molecule has 0 radical (unpaired) electrons. The van der Waals surface area contributed by atoms with Crippen molar-refractivity contribution in [2.45, 2.75) is 0 Å². The lowest BCUT2D eigenvalue weighted by Crippen LogP contribution is -2.19. The van der Waals surface area contributed by atoms with Gasteiger partial charge in [0, 0.05) is 11.6 Å². The molecule has 11 heavy (non-hydrogen) atoms. The first-order valence-electron chi connectivity index (χ1n) is 3.30. The van der Waals surface area contributed by atoms with Gasteiger partial charge < -0.3 is 4.89 Å². The average Bonchev–Trinajstić information content (AvgIpc) is 2.21. The Bertz CT molecular complexity index is 408. The van der Waals surface area contributed by atoms with E-state index < -0.39 is 7.37 Å². The van der Waals surface area contributed by atoms with Crippen LogP contribution in [0.4, 0.5) is 0 Å². The van der Waals surface area contributed by atoms with Crippen LogP contribution in [0.3, 0.4) is 0 Å². The molecular weight excluding hydrogens is 159 g/mol. The first kappa shape index (κ1) is 6.84. The van der Waals surface area contributed by atoms with Crippen LogP contribution < -0.4 is 10.4 Å². The minimum absolute atomic E-state index is 0.860. The molecule has 1 aromatic carbocycles. The molecule has 0 aromatic heterocycles. The van der Waals surface area contributed by atoms with Gasteiger partial charge in [-0.05, 0) is 10.4 Å². The maximum Gasteiger partial charge on any atom is 0.245 e. The van der Waals surface area contributed by atoms with E-state index in [2.05, 4.69) is 0 Å². The molecule has 1 aliphatic rings. The molecule has 0 saturated carbocycles. The highest BCUT2D eigenvalue weighted by Gasteiger charge is 2.13. The molecule has 0 bridgehead atoms. The molecular formula is C8H7O2P.